The fourth-order valence-electron chi connectivity index (χ4n) is 1.41. The molecule has 0 radical (unpaired) electrons. The van der Waals surface area contributed by atoms with E-state index >= 15 is 0 Å². The van der Waals surface area contributed by atoms with Crippen LogP contribution in [0.1, 0.15) is 18.1 Å². The van der Waals surface area contributed by atoms with E-state index in [1.165, 1.54) is 6.07 Å². The van der Waals surface area contributed by atoms with Crippen molar-refractivity contribution in [1.29, 1.82) is 0 Å². The van der Waals surface area contributed by atoms with E-state index in [-0.39, 0.29) is 11.9 Å². The van der Waals surface area contributed by atoms with E-state index in [9.17, 15) is 4.39 Å². The number of nitrogens with one attached hydrogen (secondary N) is 1. The Morgan fingerprint density at radius 3 is 2.71 bits per heavy atom. The van der Waals surface area contributed by atoms with Gasteiger partial charge in [0.1, 0.15) is 5.82 Å². The van der Waals surface area contributed by atoms with Gasteiger partial charge in [0.05, 0.1) is 6.10 Å². The van der Waals surface area contributed by atoms with E-state index in [2.05, 4.69) is 5.32 Å². The van der Waals surface area contributed by atoms with Crippen LogP contribution < -0.4 is 5.32 Å². The number of hydrogen-bond donors (Lipinski definition) is 1. The van der Waals surface area contributed by atoms with E-state index in [4.69, 9.17) is 4.74 Å². The maximum atomic E-state index is 13.4. The Morgan fingerprint density at radius 1 is 1.43 bits per heavy atom. The Morgan fingerprint density at radius 2 is 2.14 bits per heavy atom. The second-order valence-electron chi connectivity index (χ2n) is 3.14. The maximum absolute atomic E-state index is 13.4. The standard InChI is InChI=1S/C11H16FNO/c1-13-8-7-11(14-2)9-5-3-4-6-10(9)12/h3-6,11,13H,7-8H2,1-2H3. The Bertz CT molecular complexity index is 278. The molecule has 1 aromatic carbocycles. The molecule has 0 saturated heterocycles. The summed E-state index contributed by atoms with van der Waals surface area (Å²) in [5.74, 6) is -0.199. The van der Waals surface area contributed by atoms with Gasteiger partial charge in [0, 0.05) is 12.7 Å². The fraction of sp³-hybridized carbons (Fsp3) is 0.455. The minimum atomic E-state index is -0.199. The molecular weight excluding hydrogens is 181 g/mol. The van der Waals surface area contributed by atoms with Crippen molar-refractivity contribution in [2.45, 2.75) is 12.5 Å². The molecule has 0 amide bonds. The Labute approximate surface area is 84.1 Å². The van der Waals surface area contributed by atoms with Gasteiger partial charge < -0.3 is 10.1 Å². The third-order valence-corrected chi connectivity index (χ3v) is 2.19. The Balaban J connectivity index is 2.73. The first-order valence-electron chi connectivity index (χ1n) is 4.71. The molecule has 1 unspecified atom stereocenters. The van der Waals surface area contributed by atoms with Gasteiger partial charge in [-0.05, 0) is 26.1 Å². The molecule has 2 nitrogen and oxygen atoms in total. The van der Waals surface area contributed by atoms with Crippen LogP contribution in [-0.4, -0.2) is 20.7 Å². The van der Waals surface area contributed by atoms with Gasteiger partial charge in [-0.2, -0.15) is 0 Å². The largest absolute Gasteiger partial charge is 0.377 e. The molecule has 1 atom stereocenters. The maximum Gasteiger partial charge on any atom is 0.129 e. The average Bonchev–Trinajstić information content (AvgIpc) is 2.21. The van der Waals surface area contributed by atoms with Gasteiger partial charge in [-0.3, -0.25) is 0 Å². The highest BCUT2D eigenvalue weighted by Crippen LogP contribution is 2.22. The Kier molecular flexibility index (Phi) is 4.56. The summed E-state index contributed by atoms with van der Waals surface area (Å²) < 4.78 is 18.6. The van der Waals surface area contributed by atoms with E-state index in [0.717, 1.165) is 13.0 Å². The zero-order valence-corrected chi connectivity index (χ0v) is 8.59. The molecule has 1 N–H and O–H groups in total. The normalized spacial score (nSPS) is 12.8. The lowest BCUT2D eigenvalue weighted by Gasteiger charge is -2.15. The quantitative estimate of drug-likeness (QED) is 0.780. The van der Waals surface area contributed by atoms with Crippen LogP contribution in [0.4, 0.5) is 4.39 Å². The van der Waals surface area contributed by atoms with Crippen molar-refractivity contribution in [2.24, 2.45) is 0 Å². The summed E-state index contributed by atoms with van der Waals surface area (Å²) in [6.07, 6.45) is 0.608. The van der Waals surface area contributed by atoms with Crippen molar-refractivity contribution in [1.82, 2.24) is 5.32 Å². The lowest BCUT2D eigenvalue weighted by atomic mass is 10.1. The lowest BCUT2D eigenvalue weighted by molar-refractivity contribution is 0.0930. The van der Waals surface area contributed by atoms with E-state index < -0.39 is 0 Å². The van der Waals surface area contributed by atoms with Crippen LogP contribution in [0.2, 0.25) is 0 Å². The number of ether oxygens (including phenoxy) is 1. The summed E-state index contributed by atoms with van der Waals surface area (Å²) in [7, 11) is 3.47. The Hall–Kier alpha value is -0.930. The van der Waals surface area contributed by atoms with Crippen LogP contribution in [0.3, 0.4) is 0 Å². The molecule has 1 aromatic rings. The molecular formula is C11H16FNO. The zero-order chi connectivity index (χ0) is 10.4. The second-order valence-corrected chi connectivity index (χ2v) is 3.14. The van der Waals surface area contributed by atoms with Crippen LogP contribution in [0.15, 0.2) is 24.3 Å². The molecule has 78 valence electrons. The highest BCUT2D eigenvalue weighted by atomic mass is 19.1. The van der Waals surface area contributed by atoms with Gasteiger partial charge in [0.25, 0.3) is 0 Å². The van der Waals surface area contributed by atoms with Crippen molar-refractivity contribution < 1.29 is 9.13 Å². The van der Waals surface area contributed by atoms with Gasteiger partial charge in [0.15, 0.2) is 0 Å². The summed E-state index contributed by atoms with van der Waals surface area (Å²) in [5, 5.41) is 3.02. The predicted molar refractivity (Wildman–Crippen MR) is 54.7 cm³/mol. The number of benzene rings is 1. The molecule has 0 saturated carbocycles. The second kappa shape index (κ2) is 5.73. The summed E-state index contributed by atoms with van der Waals surface area (Å²) >= 11 is 0. The zero-order valence-electron chi connectivity index (χ0n) is 8.59. The summed E-state index contributed by atoms with van der Waals surface area (Å²) in [6, 6.07) is 6.73. The van der Waals surface area contributed by atoms with Crippen molar-refractivity contribution in [2.75, 3.05) is 20.7 Å². The van der Waals surface area contributed by atoms with Gasteiger partial charge in [-0.1, -0.05) is 18.2 Å². The molecule has 0 aliphatic rings. The molecule has 0 fully saturated rings. The molecule has 0 spiro atoms. The van der Waals surface area contributed by atoms with Crippen LogP contribution in [0.5, 0.6) is 0 Å². The molecule has 14 heavy (non-hydrogen) atoms. The SMILES string of the molecule is CNCCC(OC)c1ccccc1F. The first-order chi connectivity index (χ1) is 6.79. The van der Waals surface area contributed by atoms with Crippen molar-refractivity contribution in [3.63, 3.8) is 0 Å². The highest BCUT2D eigenvalue weighted by Gasteiger charge is 2.13. The van der Waals surface area contributed by atoms with E-state index in [1.54, 1.807) is 19.2 Å². The van der Waals surface area contributed by atoms with Gasteiger partial charge in [-0.25, -0.2) is 4.39 Å². The monoisotopic (exact) mass is 197 g/mol. The number of hydrogen-bond acceptors (Lipinski definition) is 2. The summed E-state index contributed by atoms with van der Waals surface area (Å²) in [4.78, 5) is 0. The third kappa shape index (κ3) is 2.79. The smallest absolute Gasteiger partial charge is 0.129 e. The molecule has 0 aliphatic carbocycles. The summed E-state index contributed by atoms with van der Waals surface area (Å²) in [5.41, 5.74) is 0.630. The molecule has 0 aromatic heterocycles. The van der Waals surface area contributed by atoms with Gasteiger partial charge >= 0.3 is 0 Å². The number of halogens is 1. The molecule has 0 heterocycles. The van der Waals surface area contributed by atoms with E-state index in [0.29, 0.717) is 5.56 Å². The van der Waals surface area contributed by atoms with Crippen molar-refractivity contribution >= 4 is 0 Å². The van der Waals surface area contributed by atoms with Crippen molar-refractivity contribution in [3.8, 4) is 0 Å². The fourth-order valence-corrected chi connectivity index (χ4v) is 1.41. The average molecular weight is 197 g/mol. The first-order valence-corrected chi connectivity index (χ1v) is 4.71. The minimum Gasteiger partial charge on any atom is -0.377 e. The molecule has 3 heteroatoms. The number of rotatable bonds is 5. The molecule has 1 rings (SSSR count). The number of methoxy groups -OCH3 is 1. The topological polar surface area (TPSA) is 21.3 Å². The first kappa shape index (κ1) is 11.1. The molecule has 0 bridgehead atoms. The predicted octanol–water partition coefficient (Wildman–Crippen LogP) is 2.12. The van der Waals surface area contributed by atoms with Crippen LogP contribution >= 0.6 is 0 Å². The van der Waals surface area contributed by atoms with E-state index in [1.807, 2.05) is 13.1 Å². The lowest BCUT2D eigenvalue weighted by Crippen LogP contribution is -2.14. The minimum absolute atomic E-state index is 0.163. The highest BCUT2D eigenvalue weighted by molar-refractivity contribution is 5.19. The van der Waals surface area contributed by atoms with Crippen LogP contribution in [0, 0.1) is 5.82 Å². The van der Waals surface area contributed by atoms with Crippen LogP contribution in [-0.2, 0) is 4.74 Å². The van der Waals surface area contributed by atoms with Gasteiger partial charge in [0.2, 0.25) is 0 Å². The van der Waals surface area contributed by atoms with Crippen LogP contribution in [0.25, 0.3) is 0 Å². The van der Waals surface area contributed by atoms with Crippen molar-refractivity contribution in [3.05, 3.63) is 35.6 Å². The third-order valence-electron chi connectivity index (χ3n) is 2.19. The van der Waals surface area contributed by atoms with Gasteiger partial charge in [-0.15, -0.1) is 0 Å². The molecule has 0 aliphatic heterocycles. The summed E-state index contributed by atoms with van der Waals surface area (Å²) in [6.45, 7) is 0.812.